The van der Waals surface area contributed by atoms with Gasteiger partial charge in [0.2, 0.25) is 11.8 Å². The summed E-state index contributed by atoms with van der Waals surface area (Å²) in [7, 11) is 0. The molecule has 134 valence electrons. The van der Waals surface area contributed by atoms with Crippen LogP contribution in [0.4, 0.5) is 0 Å². The maximum absolute atomic E-state index is 12.9. The van der Waals surface area contributed by atoms with Crippen LogP contribution in [0.5, 0.6) is 0 Å². The highest BCUT2D eigenvalue weighted by molar-refractivity contribution is 5.91. The Kier molecular flexibility index (Phi) is 8.34. The van der Waals surface area contributed by atoms with Gasteiger partial charge in [-0.05, 0) is 31.6 Å². The van der Waals surface area contributed by atoms with Crippen LogP contribution in [-0.2, 0) is 9.59 Å². The van der Waals surface area contributed by atoms with Crippen molar-refractivity contribution in [1.82, 2.24) is 10.6 Å². The molecule has 0 radical (unpaired) electrons. The third-order valence-corrected chi connectivity index (χ3v) is 5.35. The highest BCUT2D eigenvalue weighted by atomic mass is 35.5. The first-order valence-electron chi connectivity index (χ1n) is 8.87. The molecule has 4 N–H and O–H groups in total. The van der Waals surface area contributed by atoms with Gasteiger partial charge in [-0.1, -0.05) is 38.5 Å². The van der Waals surface area contributed by atoms with E-state index in [4.69, 9.17) is 5.73 Å². The highest BCUT2D eigenvalue weighted by Gasteiger charge is 2.41. The molecule has 2 saturated carbocycles. The molecule has 0 spiro atoms. The molecule has 1 atom stereocenters. The second-order valence-corrected chi connectivity index (χ2v) is 7.04. The lowest BCUT2D eigenvalue weighted by Crippen LogP contribution is -2.62. The maximum atomic E-state index is 12.9. The number of carbonyl (C=O) groups is 2. The van der Waals surface area contributed by atoms with Gasteiger partial charge in [0.1, 0.15) is 5.54 Å². The number of carbonyl (C=O) groups excluding carboxylic acids is 2. The van der Waals surface area contributed by atoms with Gasteiger partial charge in [0.25, 0.3) is 0 Å². The minimum absolute atomic E-state index is 0. The van der Waals surface area contributed by atoms with E-state index in [-0.39, 0.29) is 30.3 Å². The van der Waals surface area contributed by atoms with Crippen molar-refractivity contribution in [3.05, 3.63) is 0 Å². The Labute approximate surface area is 145 Å². The molecule has 5 nitrogen and oxygen atoms in total. The average Bonchev–Trinajstić information content (AvgIpc) is 2.53. The molecule has 0 aliphatic heterocycles. The fourth-order valence-electron chi connectivity index (χ4n) is 4.11. The maximum Gasteiger partial charge on any atom is 0.246 e. The third kappa shape index (κ3) is 5.35. The Bertz CT molecular complexity index is 391. The Balaban J connectivity index is 0.00000264. The van der Waals surface area contributed by atoms with Crippen LogP contribution in [0, 0.1) is 5.92 Å². The molecule has 0 saturated heterocycles. The molecule has 0 aromatic heterocycles. The number of halogens is 1. The molecule has 2 aliphatic carbocycles. The summed E-state index contributed by atoms with van der Waals surface area (Å²) in [4.78, 5) is 24.4. The predicted molar refractivity (Wildman–Crippen MR) is 94.4 cm³/mol. The van der Waals surface area contributed by atoms with Crippen LogP contribution in [-0.4, -0.2) is 29.9 Å². The standard InChI is InChI=1S/C17H31N3O2.ClH/c1-13(21)20-17(10-6-3-7-11-17)16(22)19-15(12-18)14-8-4-2-5-9-14;/h14-15H,2-12,18H2,1H3,(H,19,22)(H,20,21);1H. The summed E-state index contributed by atoms with van der Waals surface area (Å²) in [5, 5.41) is 6.11. The SMILES string of the molecule is CC(=O)NC1(C(=O)NC(CN)C2CCCCC2)CCCCC1.Cl. The molecule has 0 aromatic rings. The summed E-state index contributed by atoms with van der Waals surface area (Å²) in [5.41, 5.74) is 5.21. The van der Waals surface area contributed by atoms with E-state index in [1.165, 1.54) is 26.2 Å². The summed E-state index contributed by atoms with van der Waals surface area (Å²) >= 11 is 0. The molecule has 2 rings (SSSR count). The zero-order valence-electron chi connectivity index (χ0n) is 14.2. The second kappa shape index (κ2) is 9.48. The van der Waals surface area contributed by atoms with Crippen LogP contribution < -0.4 is 16.4 Å². The molecule has 6 heteroatoms. The lowest BCUT2D eigenvalue weighted by atomic mass is 9.79. The van der Waals surface area contributed by atoms with Gasteiger partial charge in [-0.2, -0.15) is 0 Å². The number of nitrogens with one attached hydrogen (secondary N) is 2. The molecular weight excluding hydrogens is 314 g/mol. The number of rotatable bonds is 5. The zero-order valence-corrected chi connectivity index (χ0v) is 15.1. The van der Waals surface area contributed by atoms with Gasteiger partial charge in [0, 0.05) is 19.5 Å². The lowest BCUT2D eigenvalue weighted by molar-refractivity contribution is -0.135. The van der Waals surface area contributed by atoms with E-state index in [0.717, 1.165) is 44.9 Å². The van der Waals surface area contributed by atoms with Gasteiger partial charge < -0.3 is 16.4 Å². The number of nitrogens with two attached hydrogens (primary N) is 1. The minimum atomic E-state index is -0.716. The Morgan fingerprint density at radius 3 is 2.17 bits per heavy atom. The van der Waals surface area contributed by atoms with Gasteiger partial charge >= 0.3 is 0 Å². The van der Waals surface area contributed by atoms with Crippen molar-refractivity contribution in [3.63, 3.8) is 0 Å². The van der Waals surface area contributed by atoms with Crippen LogP contribution >= 0.6 is 12.4 Å². The molecule has 1 unspecified atom stereocenters. The molecule has 0 bridgehead atoms. The van der Waals surface area contributed by atoms with E-state index in [1.807, 2.05) is 0 Å². The molecule has 2 aliphatic rings. The van der Waals surface area contributed by atoms with Crippen LogP contribution in [0.25, 0.3) is 0 Å². The van der Waals surface area contributed by atoms with Crippen LogP contribution in [0.2, 0.25) is 0 Å². The Hall–Kier alpha value is -0.810. The topological polar surface area (TPSA) is 84.2 Å². The fraction of sp³-hybridized carbons (Fsp3) is 0.882. The van der Waals surface area contributed by atoms with Gasteiger partial charge in [0.05, 0.1) is 0 Å². The smallest absolute Gasteiger partial charge is 0.246 e. The van der Waals surface area contributed by atoms with Crippen molar-refractivity contribution >= 4 is 24.2 Å². The molecule has 2 fully saturated rings. The summed E-state index contributed by atoms with van der Waals surface area (Å²) in [6, 6.07) is 0.0420. The van der Waals surface area contributed by atoms with E-state index in [0.29, 0.717) is 12.5 Å². The molecular formula is C17H32ClN3O2. The van der Waals surface area contributed by atoms with Crippen LogP contribution in [0.1, 0.15) is 71.1 Å². The number of hydrogen-bond acceptors (Lipinski definition) is 3. The van der Waals surface area contributed by atoms with Gasteiger partial charge in [0.15, 0.2) is 0 Å². The summed E-state index contributed by atoms with van der Waals surface area (Å²) < 4.78 is 0. The number of hydrogen-bond donors (Lipinski definition) is 3. The van der Waals surface area contributed by atoms with Crippen molar-refractivity contribution in [2.75, 3.05) is 6.54 Å². The summed E-state index contributed by atoms with van der Waals surface area (Å²) in [6.45, 7) is 1.97. The van der Waals surface area contributed by atoms with Crippen molar-refractivity contribution in [2.24, 2.45) is 11.7 Å². The van der Waals surface area contributed by atoms with E-state index >= 15 is 0 Å². The number of amides is 2. The van der Waals surface area contributed by atoms with E-state index in [2.05, 4.69) is 10.6 Å². The van der Waals surface area contributed by atoms with Crippen molar-refractivity contribution < 1.29 is 9.59 Å². The molecule has 0 aromatic carbocycles. The quantitative estimate of drug-likeness (QED) is 0.714. The summed E-state index contributed by atoms with van der Waals surface area (Å²) in [6.07, 6.45) is 10.6. The van der Waals surface area contributed by atoms with Crippen molar-refractivity contribution in [3.8, 4) is 0 Å². The van der Waals surface area contributed by atoms with E-state index < -0.39 is 5.54 Å². The second-order valence-electron chi connectivity index (χ2n) is 7.04. The Morgan fingerprint density at radius 1 is 1.09 bits per heavy atom. The van der Waals surface area contributed by atoms with Gasteiger partial charge in [-0.25, -0.2) is 0 Å². The molecule has 23 heavy (non-hydrogen) atoms. The normalized spacial score (nSPS) is 22.5. The first-order chi connectivity index (χ1) is 10.6. The first-order valence-corrected chi connectivity index (χ1v) is 8.87. The highest BCUT2D eigenvalue weighted by Crippen LogP contribution is 2.30. The van der Waals surface area contributed by atoms with Crippen molar-refractivity contribution in [2.45, 2.75) is 82.7 Å². The minimum Gasteiger partial charge on any atom is -0.350 e. The first kappa shape index (κ1) is 20.2. The van der Waals surface area contributed by atoms with Crippen LogP contribution in [0.3, 0.4) is 0 Å². The van der Waals surface area contributed by atoms with Crippen LogP contribution in [0.15, 0.2) is 0 Å². The average molecular weight is 346 g/mol. The monoisotopic (exact) mass is 345 g/mol. The van der Waals surface area contributed by atoms with Gasteiger partial charge in [-0.15, -0.1) is 12.4 Å². The fourth-order valence-corrected chi connectivity index (χ4v) is 4.11. The van der Waals surface area contributed by atoms with E-state index in [1.54, 1.807) is 0 Å². The molecule has 2 amide bonds. The van der Waals surface area contributed by atoms with Gasteiger partial charge in [-0.3, -0.25) is 9.59 Å². The third-order valence-electron chi connectivity index (χ3n) is 5.35. The zero-order chi connectivity index (χ0) is 16.0. The predicted octanol–water partition coefficient (Wildman–Crippen LogP) is 2.27. The lowest BCUT2D eigenvalue weighted by Gasteiger charge is -2.39. The Morgan fingerprint density at radius 2 is 1.65 bits per heavy atom. The largest absolute Gasteiger partial charge is 0.350 e. The van der Waals surface area contributed by atoms with Crippen molar-refractivity contribution in [1.29, 1.82) is 0 Å². The summed E-state index contributed by atoms with van der Waals surface area (Å²) in [5.74, 6) is 0.336. The van der Waals surface area contributed by atoms with E-state index in [9.17, 15) is 9.59 Å². The molecule has 0 heterocycles.